The minimum Gasteiger partial charge on any atom is -0.454 e. The number of carbonyl (C=O) groups is 1. The normalized spacial score (nSPS) is 17.0. The second-order valence-electron chi connectivity index (χ2n) is 7.94. The van der Waals surface area contributed by atoms with Gasteiger partial charge in [-0.2, -0.15) is 0 Å². The Bertz CT molecular complexity index is 1030. The Morgan fingerprint density at radius 1 is 1.10 bits per heavy atom. The fourth-order valence-electron chi connectivity index (χ4n) is 3.54. The van der Waals surface area contributed by atoms with Crippen molar-refractivity contribution in [3.63, 3.8) is 0 Å². The van der Waals surface area contributed by atoms with Crippen LogP contribution >= 0.6 is 0 Å². The molecule has 2 aromatic heterocycles. The monoisotopic (exact) mass is 419 g/mol. The highest BCUT2D eigenvalue weighted by atomic mass is 16.6. The van der Waals surface area contributed by atoms with Crippen LogP contribution < -0.4 is 9.64 Å². The lowest BCUT2D eigenvalue weighted by Crippen LogP contribution is -2.37. The summed E-state index contributed by atoms with van der Waals surface area (Å²) in [4.78, 5) is 30.8. The van der Waals surface area contributed by atoms with Gasteiger partial charge in [-0.15, -0.1) is 0 Å². The van der Waals surface area contributed by atoms with E-state index in [-0.39, 0.29) is 24.0 Å². The van der Waals surface area contributed by atoms with Gasteiger partial charge in [-0.25, -0.2) is 24.7 Å². The lowest BCUT2D eigenvalue weighted by molar-refractivity contribution is 0.177. The molecule has 31 heavy (non-hydrogen) atoms. The van der Waals surface area contributed by atoms with Crippen molar-refractivity contribution in [1.29, 1.82) is 0 Å². The number of cyclic esters (lactones) is 1. The smallest absolute Gasteiger partial charge is 0.415 e. The van der Waals surface area contributed by atoms with Gasteiger partial charge < -0.3 is 9.47 Å². The molecule has 1 fully saturated rings. The van der Waals surface area contributed by atoms with Gasteiger partial charge >= 0.3 is 6.09 Å². The van der Waals surface area contributed by atoms with Crippen LogP contribution in [0.2, 0.25) is 0 Å². The second-order valence-corrected chi connectivity index (χ2v) is 7.94. The Hall–Kier alpha value is -3.55. The first kappa shape index (κ1) is 20.7. The average Bonchev–Trinajstić information content (AvgIpc) is 3.17. The van der Waals surface area contributed by atoms with E-state index in [1.807, 2.05) is 24.3 Å². The number of aromatic nitrogens is 4. The minimum absolute atomic E-state index is 0.0183. The van der Waals surface area contributed by atoms with E-state index in [9.17, 15) is 4.79 Å². The Morgan fingerprint density at radius 3 is 2.55 bits per heavy atom. The summed E-state index contributed by atoms with van der Waals surface area (Å²) in [5.74, 6) is 3.05. The van der Waals surface area contributed by atoms with Crippen molar-refractivity contribution in [2.24, 2.45) is 5.92 Å². The number of ether oxygens (including phenoxy) is 2. The quantitative estimate of drug-likeness (QED) is 0.561. The molecular weight excluding hydrogens is 394 g/mol. The SMILES string of the molecule is CC(C)[C@H]1COC(=O)N1c1ccnc(C[C@@H](C)c2ccc(Oc3cncnc3)cc2)n1. The number of hydrogen-bond acceptors (Lipinski definition) is 7. The van der Waals surface area contributed by atoms with Crippen molar-refractivity contribution < 1.29 is 14.3 Å². The van der Waals surface area contributed by atoms with Gasteiger partial charge in [0.2, 0.25) is 0 Å². The van der Waals surface area contributed by atoms with Crippen molar-refractivity contribution in [3.05, 3.63) is 66.6 Å². The number of nitrogens with zero attached hydrogens (tertiary/aromatic N) is 5. The van der Waals surface area contributed by atoms with E-state index in [1.165, 1.54) is 6.33 Å². The van der Waals surface area contributed by atoms with E-state index >= 15 is 0 Å². The van der Waals surface area contributed by atoms with Gasteiger partial charge in [-0.05, 0) is 35.6 Å². The molecule has 2 atom stereocenters. The van der Waals surface area contributed by atoms with Gasteiger partial charge in [0.1, 0.15) is 30.3 Å². The van der Waals surface area contributed by atoms with Crippen molar-refractivity contribution in [3.8, 4) is 11.5 Å². The van der Waals surface area contributed by atoms with Crippen molar-refractivity contribution in [1.82, 2.24) is 19.9 Å². The Balaban J connectivity index is 1.44. The molecule has 0 unspecified atom stereocenters. The van der Waals surface area contributed by atoms with E-state index in [4.69, 9.17) is 9.47 Å². The van der Waals surface area contributed by atoms with Crippen LogP contribution in [0, 0.1) is 5.92 Å². The van der Waals surface area contributed by atoms with Crippen molar-refractivity contribution in [2.75, 3.05) is 11.5 Å². The van der Waals surface area contributed by atoms with E-state index in [1.54, 1.807) is 29.6 Å². The maximum absolute atomic E-state index is 12.2. The zero-order valence-electron chi connectivity index (χ0n) is 17.8. The lowest BCUT2D eigenvalue weighted by Gasteiger charge is -2.23. The zero-order chi connectivity index (χ0) is 21.8. The van der Waals surface area contributed by atoms with Crippen molar-refractivity contribution >= 4 is 11.9 Å². The summed E-state index contributed by atoms with van der Waals surface area (Å²) in [5, 5.41) is 0. The molecular formula is C23H25N5O3. The van der Waals surface area contributed by atoms with Crippen LogP contribution in [0.25, 0.3) is 0 Å². The third-order valence-corrected chi connectivity index (χ3v) is 5.32. The predicted octanol–water partition coefficient (Wildman–Crippen LogP) is 4.39. The minimum atomic E-state index is -0.351. The molecule has 0 aliphatic carbocycles. The van der Waals surface area contributed by atoms with Crippen LogP contribution in [0.1, 0.15) is 38.1 Å². The molecule has 0 N–H and O–H groups in total. The van der Waals surface area contributed by atoms with E-state index in [2.05, 4.69) is 40.7 Å². The van der Waals surface area contributed by atoms with Gasteiger partial charge in [0.25, 0.3) is 0 Å². The molecule has 1 aliphatic rings. The molecule has 0 spiro atoms. The molecule has 3 heterocycles. The first-order chi connectivity index (χ1) is 15.0. The van der Waals surface area contributed by atoms with Crippen LogP contribution in [0.5, 0.6) is 11.5 Å². The van der Waals surface area contributed by atoms with Gasteiger partial charge in [0.05, 0.1) is 18.4 Å². The molecule has 1 aromatic carbocycles. The molecule has 0 radical (unpaired) electrons. The molecule has 3 aromatic rings. The maximum Gasteiger partial charge on any atom is 0.415 e. The number of carbonyl (C=O) groups excluding carboxylic acids is 1. The molecule has 4 rings (SSSR count). The van der Waals surface area contributed by atoms with Gasteiger partial charge in [-0.1, -0.05) is 32.9 Å². The number of rotatable bonds is 7. The van der Waals surface area contributed by atoms with Crippen LogP contribution in [0.15, 0.2) is 55.2 Å². The highest BCUT2D eigenvalue weighted by Gasteiger charge is 2.37. The topological polar surface area (TPSA) is 90.3 Å². The first-order valence-electron chi connectivity index (χ1n) is 10.3. The van der Waals surface area contributed by atoms with E-state index < -0.39 is 0 Å². The fourth-order valence-corrected chi connectivity index (χ4v) is 3.54. The summed E-state index contributed by atoms with van der Waals surface area (Å²) >= 11 is 0. The predicted molar refractivity (Wildman–Crippen MR) is 115 cm³/mol. The van der Waals surface area contributed by atoms with Crippen LogP contribution in [-0.2, 0) is 11.2 Å². The third-order valence-electron chi connectivity index (χ3n) is 5.32. The van der Waals surface area contributed by atoms with E-state index in [0.717, 1.165) is 11.3 Å². The first-order valence-corrected chi connectivity index (χ1v) is 10.3. The second kappa shape index (κ2) is 9.07. The lowest BCUT2D eigenvalue weighted by atomic mass is 9.97. The summed E-state index contributed by atoms with van der Waals surface area (Å²) in [7, 11) is 0. The Morgan fingerprint density at radius 2 is 1.84 bits per heavy atom. The molecule has 0 bridgehead atoms. The van der Waals surface area contributed by atoms with Gasteiger partial charge in [0.15, 0.2) is 5.75 Å². The fraction of sp³-hybridized carbons (Fsp3) is 0.348. The summed E-state index contributed by atoms with van der Waals surface area (Å²) in [5.41, 5.74) is 1.14. The molecule has 0 saturated carbocycles. The van der Waals surface area contributed by atoms with E-state index in [0.29, 0.717) is 30.4 Å². The number of anilines is 1. The Kier molecular flexibility index (Phi) is 6.06. The largest absolute Gasteiger partial charge is 0.454 e. The number of hydrogen-bond donors (Lipinski definition) is 0. The van der Waals surface area contributed by atoms with Gasteiger partial charge in [0, 0.05) is 12.6 Å². The summed E-state index contributed by atoms with van der Waals surface area (Å²) < 4.78 is 11.0. The molecule has 1 amide bonds. The number of benzene rings is 1. The summed E-state index contributed by atoms with van der Waals surface area (Å²) in [6.45, 7) is 6.65. The molecule has 8 nitrogen and oxygen atoms in total. The van der Waals surface area contributed by atoms with Crippen LogP contribution in [0.3, 0.4) is 0 Å². The van der Waals surface area contributed by atoms with Crippen molar-refractivity contribution in [2.45, 2.75) is 39.2 Å². The van der Waals surface area contributed by atoms with Gasteiger partial charge in [-0.3, -0.25) is 4.90 Å². The molecule has 1 saturated heterocycles. The highest BCUT2D eigenvalue weighted by Crippen LogP contribution is 2.27. The maximum atomic E-state index is 12.2. The summed E-state index contributed by atoms with van der Waals surface area (Å²) in [6, 6.07) is 9.64. The van der Waals surface area contributed by atoms with Crippen LogP contribution in [-0.4, -0.2) is 38.7 Å². The Labute approximate surface area is 181 Å². The zero-order valence-corrected chi connectivity index (χ0v) is 17.8. The average molecular weight is 419 g/mol. The highest BCUT2D eigenvalue weighted by molar-refractivity contribution is 5.89. The third kappa shape index (κ3) is 4.79. The molecule has 1 aliphatic heterocycles. The molecule has 160 valence electrons. The molecule has 8 heteroatoms. The summed E-state index contributed by atoms with van der Waals surface area (Å²) in [6.07, 6.45) is 6.70. The number of amides is 1. The standard InChI is InChI=1S/C23H25N5O3/c1-15(2)20-13-30-23(29)28(20)22-8-9-26-21(27-22)10-16(3)17-4-6-18(7-5-17)31-19-11-24-14-25-12-19/h4-9,11-12,14-16,20H,10,13H2,1-3H3/t16-,20-/m1/s1. The van der Waals surface area contributed by atoms with Crippen LogP contribution in [0.4, 0.5) is 10.6 Å².